The van der Waals surface area contributed by atoms with E-state index in [0.29, 0.717) is 16.8 Å². The third-order valence-corrected chi connectivity index (χ3v) is 4.34. The first-order valence-corrected chi connectivity index (χ1v) is 8.88. The Morgan fingerprint density at radius 1 is 1.17 bits per heavy atom. The molecule has 0 radical (unpaired) electrons. The fourth-order valence-corrected chi connectivity index (χ4v) is 2.96. The van der Waals surface area contributed by atoms with Gasteiger partial charge in [-0.2, -0.15) is 13.2 Å². The molecule has 0 amide bonds. The number of carbonyl (C=O) groups is 1. The molecule has 0 atom stereocenters. The van der Waals surface area contributed by atoms with E-state index >= 15 is 0 Å². The zero-order valence-corrected chi connectivity index (χ0v) is 15.8. The third kappa shape index (κ3) is 4.42. The molecule has 152 valence electrons. The topological polar surface area (TPSA) is 60.5 Å². The molecule has 3 aromatic rings. The maximum Gasteiger partial charge on any atom is 0.416 e. The van der Waals surface area contributed by atoms with Crippen molar-refractivity contribution in [3.63, 3.8) is 0 Å². The monoisotopic (exact) mass is 404 g/mol. The first-order chi connectivity index (χ1) is 13.8. The van der Waals surface area contributed by atoms with Crippen LogP contribution >= 0.6 is 0 Å². The van der Waals surface area contributed by atoms with E-state index in [9.17, 15) is 18.0 Å². The van der Waals surface area contributed by atoms with Gasteiger partial charge in [-0.1, -0.05) is 24.3 Å². The minimum Gasteiger partial charge on any atom is -0.496 e. The highest BCUT2D eigenvalue weighted by atomic mass is 19.4. The highest BCUT2D eigenvalue weighted by Gasteiger charge is 2.31. The number of hydrogen-bond acceptors (Lipinski definition) is 5. The van der Waals surface area contributed by atoms with Gasteiger partial charge in [0, 0.05) is 23.7 Å². The second-order valence-electron chi connectivity index (χ2n) is 6.16. The number of nitrogens with zero attached hydrogens (tertiary/aromatic N) is 1. The number of pyridine rings is 1. The Hall–Kier alpha value is -3.29. The molecule has 2 aromatic carbocycles. The van der Waals surface area contributed by atoms with Crippen molar-refractivity contribution >= 4 is 22.6 Å². The molecule has 3 rings (SSSR count). The predicted octanol–water partition coefficient (Wildman–Crippen LogP) is 5.05. The number of hydrogen-bond donors (Lipinski definition) is 1. The predicted molar refractivity (Wildman–Crippen MR) is 103 cm³/mol. The molecule has 0 saturated heterocycles. The highest BCUT2D eigenvalue weighted by Crippen LogP contribution is 2.34. The minimum atomic E-state index is -4.49. The van der Waals surface area contributed by atoms with Crippen molar-refractivity contribution in [3.05, 3.63) is 65.4 Å². The summed E-state index contributed by atoms with van der Waals surface area (Å²) in [5.74, 6) is 0.0414. The van der Waals surface area contributed by atoms with Crippen LogP contribution in [0.4, 0.5) is 18.9 Å². The van der Waals surface area contributed by atoms with E-state index in [1.54, 1.807) is 20.1 Å². The summed E-state index contributed by atoms with van der Waals surface area (Å²) in [5, 5.41) is 3.53. The molecular formula is C21H19F3N2O3. The van der Waals surface area contributed by atoms with Crippen molar-refractivity contribution in [3.8, 4) is 5.75 Å². The van der Waals surface area contributed by atoms with Crippen molar-refractivity contribution in [1.29, 1.82) is 0 Å². The lowest BCUT2D eigenvalue weighted by Gasteiger charge is -2.16. The molecule has 8 heteroatoms. The molecule has 1 N–H and O–H groups in total. The maximum absolute atomic E-state index is 13.0. The number of carbonyl (C=O) groups excluding carboxylic acids is 1. The molecular weight excluding hydrogens is 385 g/mol. The smallest absolute Gasteiger partial charge is 0.416 e. The fraction of sp³-hybridized carbons (Fsp3) is 0.238. The van der Waals surface area contributed by atoms with E-state index in [1.165, 1.54) is 12.3 Å². The zero-order chi connectivity index (χ0) is 21.0. The van der Waals surface area contributed by atoms with E-state index < -0.39 is 17.7 Å². The van der Waals surface area contributed by atoms with Crippen molar-refractivity contribution < 1.29 is 27.4 Å². The van der Waals surface area contributed by atoms with Crippen molar-refractivity contribution in [2.24, 2.45) is 0 Å². The van der Waals surface area contributed by atoms with Crippen LogP contribution in [0.1, 0.15) is 28.4 Å². The third-order valence-electron chi connectivity index (χ3n) is 4.34. The van der Waals surface area contributed by atoms with E-state index in [0.717, 1.165) is 17.7 Å². The Morgan fingerprint density at radius 3 is 2.62 bits per heavy atom. The number of para-hydroxylation sites is 1. The van der Waals surface area contributed by atoms with Crippen LogP contribution < -0.4 is 10.1 Å². The van der Waals surface area contributed by atoms with Crippen LogP contribution in [0.2, 0.25) is 0 Å². The van der Waals surface area contributed by atoms with Crippen LogP contribution in [-0.4, -0.2) is 24.7 Å². The number of ether oxygens (including phenoxy) is 2. The van der Waals surface area contributed by atoms with Gasteiger partial charge in [0.2, 0.25) is 0 Å². The zero-order valence-electron chi connectivity index (χ0n) is 15.8. The molecule has 0 aliphatic rings. The van der Waals surface area contributed by atoms with Gasteiger partial charge >= 0.3 is 12.1 Å². The van der Waals surface area contributed by atoms with Crippen molar-refractivity contribution in [2.75, 3.05) is 19.0 Å². The number of methoxy groups -OCH3 is 1. The average molecular weight is 404 g/mol. The largest absolute Gasteiger partial charge is 0.496 e. The van der Waals surface area contributed by atoms with Gasteiger partial charge in [0.15, 0.2) is 0 Å². The number of esters is 1. The summed E-state index contributed by atoms with van der Waals surface area (Å²) >= 11 is 0. The number of rotatable bonds is 6. The van der Waals surface area contributed by atoms with Gasteiger partial charge in [-0.15, -0.1) is 0 Å². The number of anilines is 1. The number of halogens is 3. The summed E-state index contributed by atoms with van der Waals surface area (Å²) in [6.45, 7) is 2.12. The van der Waals surface area contributed by atoms with Crippen LogP contribution in [0.3, 0.4) is 0 Å². The molecule has 0 aliphatic heterocycles. The second kappa shape index (κ2) is 8.38. The summed E-state index contributed by atoms with van der Waals surface area (Å²) < 4.78 is 49.5. The molecule has 29 heavy (non-hydrogen) atoms. The van der Waals surface area contributed by atoms with Crippen LogP contribution in [0.5, 0.6) is 5.75 Å². The van der Waals surface area contributed by atoms with Gasteiger partial charge in [-0.05, 0) is 25.1 Å². The lowest BCUT2D eigenvalue weighted by Crippen LogP contribution is -2.12. The SMILES string of the molecule is CCOC(=O)c1cnc2cc(C(F)(F)F)ccc2c1NCc1ccccc1OC. The molecule has 0 spiro atoms. The van der Waals surface area contributed by atoms with Crippen LogP contribution in [-0.2, 0) is 17.5 Å². The molecule has 0 fully saturated rings. The standard InChI is InChI=1S/C21H19F3N2O3/c1-3-29-20(27)16-12-25-17-10-14(21(22,23)24)8-9-15(17)19(16)26-11-13-6-4-5-7-18(13)28-2/h4-10,12H,3,11H2,1-2H3,(H,25,26). The number of nitrogens with one attached hydrogen (secondary N) is 1. The second-order valence-corrected chi connectivity index (χ2v) is 6.16. The number of alkyl halides is 3. The normalized spacial score (nSPS) is 11.3. The molecule has 1 heterocycles. The minimum absolute atomic E-state index is 0.121. The van der Waals surface area contributed by atoms with Gasteiger partial charge in [0.05, 0.1) is 30.5 Å². The number of fused-ring (bicyclic) bond motifs is 1. The van der Waals surface area contributed by atoms with Crippen LogP contribution in [0.15, 0.2) is 48.7 Å². The van der Waals surface area contributed by atoms with Gasteiger partial charge in [-0.3, -0.25) is 4.98 Å². The van der Waals surface area contributed by atoms with Crippen molar-refractivity contribution in [1.82, 2.24) is 4.98 Å². The van der Waals surface area contributed by atoms with Gasteiger partial charge in [-0.25, -0.2) is 4.79 Å². The van der Waals surface area contributed by atoms with E-state index in [2.05, 4.69) is 10.3 Å². The first kappa shape index (κ1) is 20.4. The summed E-state index contributed by atoms with van der Waals surface area (Å²) in [6.07, 6.45) is -3.26. The highest BCUT2D eigenvalue weighted by molar-refractivity contribution is 6.05. The molecule has 5 nitrogen and oxygen atoms in total. The quantitative estimate of drug-likeness (QED) is 0.583. The Kier molecular flexibility index (Phi) is 5.91. The molecule has 0 saturated carbocycles. The average Bonchev–Trinajstić information content (AvgIpc) is 2.71. The summed E-state index contributed by atoms with van der Waals surface area (Å²) in [4.78, 5) is 16.4. The fourth-order valence-electron chi connectivity index (χ4n) is 2.96. The summed E-state index contributed by atoms with van der Waals surface area (Å²) in [5.41, 5.74) is 0.635. The first-order valence-electron chi connectivity index (χ1n) is 8.88. The van der Waals surface area contributed by atoms with Crippen LogP contribution in [0, 0.1) is 0 Å². The Balaban J connectivity index is 2.07. The lowest BCUT2D eigenvalue weighted by molar-refractivity contribution is -0.137. The van der Waals surface area contributed by atoms with E-state index in [4.69, 9.17) is 9.47 Å². The van der Waals surface area contributed by atoms with Crippen LogP contribution in [0.25, 0.3) is 10.9 Å². The number of benzene rings is 2. The Morgan fingerprint density at radius 2 is 1.93 bits per heavy atom. The van der Waals surface area contributed by atoms with E-state index in [1.807, 2.05) is 18.2 Å². The molecule has 0 unspecified atom stereocenters. The number of aromatic nitrogens is 1. The molecule has 0 bridgehead atoms. The van der Waals surface area contributed by atoms with Gasteiger partial charge in [0.25, 0.3) is 0 Å². The van der Waals surface area contributed by atoms with Gasteiger partial charge < -0.3 is 14.8 Å². The lowest BCUT2D eigenvalue weighted by atomic mass is 10.1. The summed E-state index contributed by atoms with van der Waals surface area (Å²) in [7, 11) is 1.55. The Labute approximate surface area is 165 Å². The summed E-state index contributed by atoms with van der Waals surface area (Å²) in [6, 6.07) is 10.5. The van der Waals surface area contributed by atoms with E-state index in [-0.39, 0.29) is 24.2 Å². The van der Waals surface area contributed by atoms with Gasteiger partial charge in [0.1, 0.15) is 11.3 Å². The van der Waals surface area contributed by atoms with Crippen molar-refractivity contribution in [2.45, 2.75) is 19.6 Å². The molecule has 0 aliphatic carbocycles. The maximum atomic E-state index is 13.0. The molecule has 1 aromatic heterocycles. The Bertz CT molecular complexity index is 1040.